The largest absolute Gasteiger partial charge is 0.380 e. The SMILES string of the molecule is C=CS(=O)(=O)N1CCC(O)(C(=O)Nc2ccc(-c3cc4c(N5CCOCC5)ncnc4n3COCC[Si](C)(C)C)cc2)CC1. The molecule has 44 heavy (non-hydrogen) atoms. The molecule has 0 aliphatic carbocycles. The van der Waals surface area contributed by atoms with Gasteiger partial charge in [0.1, 0.15) is 30.1 Å². The lowest BCUT2D eigenvalue weighted by molar-refractivity contribution is -0.137. The van der Waals surface area contributed by atoms with Crippen LogP contribution in [0.25, 0.3) is 22.3 Å². The van der Waals surface area contributed by atoms with Gasteiger partial charge in [0.05, 0.1) is 24.3 Å². The lowest BCUT2D eigenvalue weighted by Crippen LogP contribution is -2.52. The van der Waals surface area contributed by atoms with Crippen LogP contribution in [0.3, 0.4) is 0 Å². The van der Waals surface area contributed by atoms with Gasteiger partial charge in [-0.2, -0.15) is 4.31 Å². The molecule has 2 N–H and O–H groups in total. The maximum absolute atomic E-state index is 13.1. The van der Waals surface area contributed by atoms with Crippen LogP contribution in [-0.4, -0.2) is 97.9 Å². The molecular formula is C30H42N6O6SSi. The number of nitrogens with one attached hydrogen (secondary N) is 1. The molecule has 0 unspecified atom stereocenters. The minimum atomic E-state index is -3.60. The molecule has 0 radical (unpaired) electrons. The third-order valence-corrected chi connectivity index (χ3v) is 11.4. The molecule has 3 aromatic rings. The van der Waals surface area contributed by atoms with Crippen molar-refractivity contribution in [1.82, 2.24) is 18.8 Å². The van der Waals surface area contributed by atoms with Gasteiger partial charge in [0, 0.05) is 52.0 Å². The zero-order chi connectivity index (χ0) is 31.5. The normalized spacial score (nSPS) is 18.0. The van der Waals surface area contributed by atoms with E-state index in [2.05, 4.69) is 57.0 Å². The fourth-order valence-corrected chi connectivity index (χ4v) is 7.06. The molecule has 14 heteroatoms. The molecule has 0 spiro atoms. The van der Waals surface area contributed by atoms with E-state index in [-0.39, 0.29) is 25.9 Å². The third-order valence-electron chi connectivity index (χ3n) is 8.18. The van der Waals surface area contributed by atoms with E-state index in [1.54, 1.807) is 18.5 Å². The molecule has 0 saturated carbocycles. The molecule has 0 atom stereocenters. The van der Waals surface area contributed by atoms with Crippen molar-refractivity contribution in [3.05, 3.63) is 48.6 Å². The van der Waals surface area contributed by atoms with E-state index < -0.39 is 29.6 Å². The molecule has 2 aliphatic heterocycles. The Labute approximate surface area is 259 Å². The van der Waals surface area contributed by atoms with E-state index in [0.29, 0.717) is 32.2 Å². The summed E-state index contributed by atoms with van der Waals surface area (Å²) in [4.78, 5) is 24.5. The monoisotopic (exact) mass is 642 g/mol. The number of piperidine rings is 1. The summed E-state index contributed by atoms with van der Waals surface area (Å²) in [5.41, 5.74) is 1.46. The second kappa shape index (κ2) is 13.1. The smallest absolute Gasteiger partial charge is 0.256 e. The Morgan fingerprint density at radius 3 is 2.45 bits per heavy atom. The maximum atomic E-state index is 13.1. The van der Waals surface area contributed by atoms with Crippen molar-refractivity contribution in [1.29, 1.82) is 0 Å². The molecular weight excluding hydrogens is 601 g/mol. The average molecular weight is 643 g/mol. The van der Waals surface area contributed by atoms with Gasteiger partial charge in [0.15, 0.2) is 0 Å². The number of carbonyl (C=O) groups excluding carboxylic acids is 1. The van der Waals surface area contributed by atoms with Crippen LogP contribution in [0, 0.1) is 0 Å². The molecule has 238 valence electrons. The van der Waals surface area contributed by atoms with Gasteiger partial charge in [0.2, 0.25) is 10.0 Å². The van der Waals surface area contributed by atoms with Crippen molar-refractivity contribution >= 4 is 46.5 Å². The number of benzene rings is 1. The van der Waals surface area contributed by atoms with Crippen LogP contribution in [0.5, 0.6) is 0 Å². The molecule has 5 rings (SSSR count). The van der Waals surface area contributed by atoms with Gasteiger partial charge in [-0.15, -0.1) is 0 Å². The van der Waals surface area contributed by atoms with E-state index >= 15 is 0 Å². The Hall–Kier alpha value is -3.14. The summed E-state index contributed by atoms with van der Waals surface area (Å²) in [5.74, 6) is 0.306. The summed E-state index contributed by atoms with van der Waals surface area (Å²) in [6.45, 7) is 14.2. The second-order valence-electron chi connectivity index (χ2n) is 12.5. The fraction of sp³-hybridized carbons (Fsp3) is 0.500. The number of hydrogen-bond acceptors (Lipinski definition) is 9. The summed E-state index contributed by atoms with van der Waals surface area (Å²) >= 11 is 0. The molecule has 2 fully saturated rings. The zero-order valence-corrected chi connectivity index (χ0v) is 27.5. The molecule has 4 heterocycles. The number of sulfonamides is 1. The van der Waals surface area contributed by atoms with Gasteiger partial charge in [-0.3, -0.25) is 4.79 Å². The number of ether oxygens (including phenoxy) is 2. The number of carbonyl (C=O) groups is 1. The number of amides is 1. The highest BCUT2D eigenvalue weighted by molar-refractivity contribution is 7.92. The number of hydrogen-bond donors (Lipinski definition) is 2. The first-order chi connectivity index (χ1) is 20.9. The number of fused-ring (bicyclic) bond motifs is 1. The molecule has 0 bridgehead atoms. The van der Waals surface area contributed by atoms with E-state index in [1.807, 2.05) is 12.1 Å². The quantitative estimate of drug-likeness (QED) is 0.238. The van der Waals surface area contributed by atoms with E-state index in [1.165, 1.54) is 4.31 Å². The Kier molecular flexibility index (Phi) is 9.58. The summed E-state index contributed by atoms with van der Waals surface area (Å²) in [7, 11) is -4.85. The van der Waals surface area contributed by atoms with Crippen LogP contribution in [0.2, 0.25) is 25.7 Å². The van der Waals surface area contributed by atoms with Crippen LogP contribution in [0.1, 0.15) is 12.8 Å². The van der Waals surface area contributed by atoms with Gasteiger partial charge in [0.25, 0.3) is 5.91 Å². The number of anilines is 2. The van der Waals surface area contributed by atoms with Crippen molar-refractivity contribution in [2.75, 3.05) is 56.2 Å². The highest BCUT2D eigenvalue weighted by atomic mass is 32.2. The lowest BCUT2D eigenvalue weighted by Gasteiger charge is -2.35. The Morgan fingerprint density at radius 2 is 1.82 bits per heavy atom. The Morgan fingerprint density at radius 1 is 1.14 bits per heavy atom. The minimum absolute atomic E-state index is 0.00565. The summed E-state index contributed by atoms with van der Waals surface area (Å²) in [6.07, 6.45) is 1.58. The van der Waals surface area contributed by atoms with Crippen molar-refractivity contribution in [3.8, 4) is 11.3 Å². The highest BCUT2D eigenvalue weighted by Crippen LogP contribution is 2.33. The van der Waals surface area contributed by atoms with Crippen molar-refractivity contribution in [2.45, 2.75) is 50.9 Å². The first-order valence-electron chi connectivity index (χ1n) is 14.9. The van der Waals surface area contributed by atoms with Gasteiger partial charge in [-0.1, -0.05) is 38.4 Å². The summed E-state index contributed by atoms with van der Waals surface area (Å²) < 4.78 is 39.1. The van der Waals surface area contributed by atoms with Crippen LogP contribution >= 0.6 is 0 Å². The molecule has 12 nitrogen and oxygen atoms in total. The Balaban J connectivity index is 1.36. The van der Waals surface area contributed by atoms with Crippen molar-refractivity contribution in [2.24, 2.45) is 0 Å². The molecule has 1 aromatic carbocycles. The third kappa shape index (κ3) is 7.21. The minimum Gasteiger partial charge on any atom is -0.380 e. The molecule has 2 aromatic heterocycles. The van der Waals surface area contributed by atoms with Gasteiger partial charge in [-0.25, -0.2) is 18.4 Å². The second-order valence-corrected chi connectivity index (χ2v) is 20.0. The standard InChI is InChI=1S/C30H42N6O6SSi/c1-5-43(39,40)35-12-10-30(38,11-13-35)29(37)33-24-8-6-23(7-9-24)26-20-25-27(34-14-16-41-17-15-34)31-21-32-28(25)36(26)22-42-18-19-44(2,3)4/h5-9,20-21,38H,1,10-19,22H2,2-4H3,(H,33,37). The maximum Gasteiger partial charge on any atom is 0.256 e. The predicted molar refractivity (Wildman–Crippen MR) is 174 cm³/mol. The van der Waals surface area contributed by atoms with Gasteiger partial charge in [-0.05, 0) is 42.6 Å². The zero-order valence-electron chi connectivity index (χ0n) is 25.7. The van der Waals surface area contributed by atoms with E-state index in [4.69, 9.17) is 9.47 Å². The first kappa shape index (κ1) is 32.3. The molecule has 1 amide bonds. The van der Waals surface area contributed by atoms with Crippen LogP contribution in [0.15, 0.2) is 48.6 Å². The van der Waals surface area contributed by atoms with Gasteiger partial charge >= 0.3 is 0 Å². The van der Waals surface area contributed by atoms with Crippen LogP contribution in [0.4, 0.5) is 11.5 Å². The number of nitrogens with zero attached hydrogens (tertiary/aromatic N) is 5. The fourth-order valence-electron chi connectivity index (χ4n) is 5.40. The summed E-state index contributed by atoms with van der Waals surface area (Å²) in [6, 6.07) is 10.5. The van der Waals surface area contributed by atoms with Crippen molar-refractivity contribution < 1.29 is 27.8 Å². The number of rotatable bonds is 11. The topological polar surface area (TPSA) is 139 Å². The number of aliphatic hydroxyl groups is 1. The molecule has 2 saturated heterocycles. The average Bonchev–Trinajstić information content (AvgIpc) is 3.38. The highest BCUT2D eigenvalue weighted by Gasteiger charge is 2.41. The predicted octanol–water partition coefficient (Wildman–Crippen LogP) is 3.49. The van der Waals surface area contributed by atoms with Crippen LogP contribution in [-0.2, 0) is 31.0 Å². The lowest BCUT2D eigenvalue weighted by atomic mass is 9.91. The molecule has 2 aliphatic rings. The first-order valence-corrected chi connectivity index (χ1v) is 20.1. The summed E-state index contributed by atoms with van der Waals surface area (Å²) in [5, 5.41) is 15.6. The van der Waals surface area contributed by atoms with Crippen molar-refractivity contribution in [3.63, 3.8) is 0 Å². The number of morpholine rings is 1. The van der Waals surface area contributed by atoms with E-state index in [0.717, 1.165) is 52.7 Å². The van der Waals surface area contributed by atoms with E-state index in [9.17, 15) is 18.3 Å². The van der Waals surface area contributed by atoms with Crippen LogP contribution < -0.4 is 10.2 Å². The van der Waals surface area contributed by atoms with Gasteiger partial charge < -0.3 is 29.4 Å². The Bertz CT molecular complexity index is 1590. The number of aromatic nitrogens is 3.